The summed E-state index contributed by atoms with van der Waals surface area (Å²) < 4.78 is 48.0. The van der Waals surface area contributed by atoms with Crippen LogP contribution in [0.2, 0.25) is 0 Å². The van der Waals surface area contributed by atoms with Gasteiger partial charge in [0.1, 0.15) is 24.4 Å². The normalized spacial score (nSPS) is 19.1. The predicted octanol–water partition coefficient (Wildman–Crippen LogP) is 15.8. The summed E-state index contributed by atoms with van der Waals surface area (Å²) in [4.78, 5) is 13.2. The molecule has 0 aromatic carbocycles. The summed E-state index contributed by atoms with van der Waals surface area (Å²) in [5.41, 5.74) is 0. The number of unbranched alkanes of at least 4 members (excludes halogenated alkanes) is 45. The Kier molecular flexibility index (Phi) is 50.0. The van der Waals surface area contributed by atoms with Gasteiger partial charge in [0, 0.05) is 6.42 Å². The molecule has 0 radical (unpaired) electrons. The van der Waals surface area contributed by atoms with Gasteiger partial charge in [-0.05, 0) is 19.3 Å². The van der Waals surface area contributed by atoms with Gasteiger partial charge in [-0.15, -0.1) is 0 Å². The van der Waals surface area contributed by atoms with Crippen LogP contribution in [0.25, 0.3) is 0 Å². The molecule has 6 N–H and O–H groups in total. The van der Waals surface area contributed by atoms with E-state index in [0.29, 0.717) is 6.42 Å². The molecule has 1 heterocycles. The van der Waals surface area contributed by atoms with Crippen molar-refractivity contribution in [2.24, 2.45) is 0 Å². The summed E-state index contributed by atoms with van der Waals surface area (Å²) >= 11 is 0. The molecular weight excluding hydrogens is 967 g/mol. The van der Waals surface area contributed by atoms with Crippen LogP contribution in [0.15, 0.2) is 12.2 Å². The van der Waals surface area contributed by atoms with E-state index in [2.05, 4.69) is 23.3 Å². The Morgan fingerprint density at radius 3 is 1.16 bits per heavy atom. The van der Waals surface area contributed by atoms with Crippen molar-refractivity contribution in [2.45, 2.75) is 365 Å². The molecule has 0 spiro atoms. The number of nitrogens with one attached hydrogen (secondary N) is 1. The first-order valence-electron chi connectivity index (χ1n) is 32.1. The maximum atomic E-state index is 13.2. The minimum atomic E-state index is -5.09. The lowest BCUT2D eigenvalue weighted by molar-refractivity contribution is -0.298. The molecule has 1 amide bonds. The molecule has 12 nitrogen and oxygen atoms in total. The van der Waals surface area contributed by atoms with Crippen LogP contribution >= 0.6 is 0 Å². The van der Waals surface area contributed by atoms with Crippen LogP contribution in [0.5, 0.6) is 0 Å². The lowest BCUT2D eigenvalue weighted by Crippen LogP contribution is -2.61. The molecule has 1 rings (SSSR count). The number of carbonyl (C=O) groups excluding carboxylic acids is 1. The van der Waals surface area contributed by atoms with E-state index in [9.17, 15) is 38.2 Å². The molecule has 0 aliphatic carbocycles. The van der Waals surface area contributed by atoms with Crippen LogP contribution in [0.3, 0.4) is 0 Å². The summed E-state index contributed by atoms with van der Waals surface area (Å²) in [5.74, 6) is -0.254. The molecule has 1 saturated heterocycles. The van der Waals surface area contributed by atoms with Crippen molar-refractivity contribution in [2.75, 3.05) is 13.2 Å². The molecule has 446 valence electrons. The molecule has 0 saturated carbocycles. The number of allylic oxidation sites excluding steroid dienone is 1. The zero-order chi connectivity index (χ0) is 54.7. The summed E-state index contributed by atoms with van der Waals surface area (Å²) in [6.45, 7) is 3.46. The maximum absolute atomic E-state index is 13.2. The molecule has 7 unspecified atom stereocenters. The number of hydrogen-bond donors (Lipinski definition) is 6. The van der Waals surface area contributed by atoms with Gasteiger partial charge in [-0.3, -0.25) is 9.35 Å². The van der Waals surface area contributed by atoms with Crippen LogP contribution < -0.4 is 5.32 Å². The zero-order valence-electron chi connectivity index (χ0n) is 48.6. The van der Waals surface area contributed by atoms with E-state index in [1.54, 1.807) is 6.08 Å². The molecule has 0 aromatic heterocycles. The molecule has 7 atom stereocenters. The van der Waals surface area contributed by atoms with E-state index in [1.165, 1.54) is 257 Å². The third-order valence-electron chi connectivity index (χ3n) is 15.6. The zero-order valence-corrected chi connectivity index (χ0v) is 49.5. The summed E-state index contributed by atoms with van der Waals surface area (Å²) in [6.07, 6.45) is 55.5. The van der Waals surface area contributed by atoms with E-state index in [-0.39, 0.29) is 18.9 Å². The van der Waals surface area contributed by atoms with Crippen LogP contribution in [-0.4, -0.2) is 95.4 Å². The van der Waals surface area contributed by atoms with Crippen molar-refractivity contribution in [1.29, 1.82) is 0 Å². The van der Waals surface area contributed by atoms with Gasteiger partial charge in [0.25, 0.3) is 0 Å². The maximum Gasteiger partial charge on any atom is 0.397 e. The lowest BCUT2D eigenvalue weighted by atomic mass is 9.99. The first-order valence-corrected chi connectivity index (χ1v) is 33.4. The lowest BCUT2D eigenvalue weighted by Gasteiger charge is -2.41. The molecule has 1 fully saturated rings. The second-order valence-electron chi connectivity index (χ2n) is 22.7. The third kappa shape index (κ3) is 44.3. The predicted molar refractivity (Wildman–Crippen MR) is 310 cm³/mol. The van der Waals surface area contributed by atoms with Crippen LogP contribution in [-0.2, 0) is 28.9 Å². The largest absolute Gasteiger partial charge is 0.397 e. The highest BCUT2D eigenvalue weighted by atomic mass is 32.3. The topological polar surface area (TPSA) is 192 Å². The van der Waals surface area contributed by atoms with Crippen molar-refractivity contribution >= 4 is 16.3 Å². The van der Waals surface area contributed by atoms with Gasteiger partial charge >= 0.3 is 10.4 Å². The highest BCUT2D eigenvalue weighted by Crippen LogP contribution is 2.26. The van der Waals surface area contributed by atoms with Crippen molar-refractivity contribution in [3.63, 3.8) is 0 Å². The average Bonchev–Trinajstić information content (AvgIpc) is 3.39. The van der Waals surface area contributed by atoms with Gasteiger partial charge in [0.2, 0.25) is 5.91 Å². The Morgan fingerprint density at radius 1 is 0.520 bits per heavy atom. The number of aliphatic hydroxyl groups is 4. The fourth-order valence-electron chi connectivity index (χ4n) is 10.6. The van der Waals surface area contributed by atoms with Crippen molar-refractivity contribution in [3.8, 4) is 0 Å². The van der Waals surface area contributed by atoms with Crippen molar-refractivity contribution in [3.05, 3.63) is 12.2 Å². The standard InChI is InChI=1S/C62H121NO11S/c1-3-5-7-9-11-13-15-17-19-21-23-25-26-27-28-29-30-32-34-36-38-40-42-44-46-48-50-52-58(66)63-55(54-72-62-60(68)61(74-75(69,70)71)59(67)57(53-64)73-62)56(65)51-49-47-45-43-41-39-37-35-33-31-24-22-20-18-16-14-12-10-8-6-4-2/h49,51,55-57,59-62,64-65,67-68H,3-48,50,52-54H2,1-2H3,(H,63,66)(H,69,70,71)/b51-49+. The smallest absolute Gasteiger partial charge is 0.394 e. The van der Waals surface area contributed by atoms with Gasteiger partial charge < -0.3 is 35.2 Å². The number of hydrogen-bond acceptors (Lipinski definition) is 10. The monoisotopic (exact) mass is 1090 g/mol. The Bertz CT molecular complexity index is 1370. The fourth-order valence-corrected chi connectivity index (χ4v) is 11.1. The van der Waals surface area contributed by atoms with Crippen LogP contribution in [0.1, 0.15) is 322 Å². The van der Waals surface area contributed by atoms with Crippen LogP contribution in [0.4, 0.5) is 0 Å². The second kappa shape index (κ2) is 52.2. The summed E-state index contributed by atoms with van der Waals surface area (Å²) in [5, 5.41) is 45.1. The van der Waals surface area contributed by atoms with E-state index >= 15 is 0 Å². The van der Waals surface area contributed by atoms with E-state index < -0.39 is 59.9 Å². The molecule has 0 bridgehead atoms. The number of carbonyl (C=O) groups is 1. The quantitative estimate of drug-likeness (QED) is 0.0193. The third-order valence-corrected chi connectivity index (χ3v) is 16.0. The van der Waals surface area contributed by atoms with Gasteiger partial charge in [-0.25, -0.2) is 4.18 Å². The molecule has 13 heteroatoms. The first kappa shape index (κ1) is 71.9. The van der Waals surface area contributed by atoms with Gasteiger partial charge in [0.15, 0.2) is 6.29 Å². The number of ether oxygens (including phenoxy) is 2. The molecule has 1 aliphatic heterocycles. The highest BCUT2D eigenvalue weighted by molar-refractivity contribution is 7.80. The first-order chi connectivity index (χ1) is 36.5. The Morgan fingerprint density at radius 2 is 0.840 bits per heavy atom. The van der Waals surface area contributed by atoms with Crippen molar-refractivity contribution in [1.82, 2.24) is 5.32 Å². The number of aliphatic hydroxyl groups excluding tert-OH is 4. The molecule has 75 heavy (non-hydrogen) atoms. The minimum absolute atomic E-state index is 0.254. The molecule has 1 aliphatic rings. The highest BCUT2D eigenvalue weighted by Gasteiger charge is 2.48. The number of rotatable bonds is 57. The fraction of sp³-hybridized carbons (Fsp3) is 0.952. The van der Waals surface area contributed by atoms with Gasteiger partial charge in [-0.1, -0.05) is 309 Å². The minimum Gasteiger partial charge on any atom is -0.394 e. The molecule has 0 aromatic rings. The van der Waals surface area contributed by atoms with Gasteiger partial charge in [-0.2, -0.15) is 8.42 Å². The van der Waals surface area contributed by atoms with Crippen LogP contribution in [0, 0.1) is 0 Å². The van der Waals surface area contributed by atoms with E-state index in [1.807, 2.05) is 6.08 Å². The summed E-state index contributed by atoms with van der Waals surface area (Å²) in [7, 11) is -5.09. The van der Waals surface area contributed by atoms with E-state index in [4.69, 9.17) is 9.47 Å². The summed E-state index contributed by atoms with van der Waals surface area (Å²) in [6, 6.07) is -0.941. The Balaban J connectivity index is 2.29. The SMILES string of the molecule is CCCCCCCCCCCCCCCCCCCCC/C=C/C(O)C(COC1OC(CO)C(O)C(OS(=O)(=O)O)C1O)NC(=O)CCCCCCCCCCCCCCCCCCCCCCCCCCCCC. The Hall–Kier alpha value is -1.16. The number of amides is 1. The average molecular weight is 1090 g/mol. The van der Waals surface area contributed by atoms with Crippen molar-refractivity contribution < 1.29 is 51.8 Å². The second-order valence-corrected chi connectivity index (χ2v) is 23.8. The van der Waals surface area contributed by atoms with Gasteiger partial charge in [0.05, 0.1) is 25.4 Å². The molecular formula is C62H121NO11S. The van der Waals surface area contributed by atoms with E-state index in [0.717, 1.165) is 38.5 Å². The Labute approximate surface area is 461 Å².